The van der Waals surface area contributed by atoms with Crippen LogP contribution in [0.15, 0.2) is 60.8 Å². The molecule has 0 amide bonds. The molecular formula is C25H24N4. The lowest BCUT2D eigenvalue weighted by molar-refractivity contribution is 0.875. The first kappa shape index (κ1) is 18.9. The Morgan fingerprint density at radius 3 is 2.59 bits per heavy atom. The summed E-state index contributed by atoms with van der Waals surface area (Å²) in [7, 11) is 0. The molecule has 0 aromatic carbocycles. The second-order valence-corrected chi connectivity index (χ2v) is 7.20. The smallest absolute Gasteiger partial charge is 0.159 e. The Balaban J connectivity index is 1.61. The number of fused-ring (bicyclic) bond motifs is 1. The van der Waals surface area contributed by atoms with Gasteiger partial charge >= 0.3 is 0 Å². The molecule has 0 aliphatic carbocycles. The van der Waals surface area contributed by atoms with Gasteiger partial charge in [-0.3, -0.25) is 9.97 Å². The number of hydrogen-bond acceptors (Lipinski definition) is 4. The van der Waals surface area contributed by atoms with Crippen LogP contribution in [-0.4, -0.2) is 19.9 Å². The van der Waals surface area contributed by atoms with Crippen molar-refractivity contribution in [1.82, 2.24) is 19.9 Å². The maximum Gasteiger partial charge on any atom is 0.159 e. The van der Waals surface area contributed by atoms with Crippen LogP contribution in [0, 0.1) is 13.8 Å². The minimum atomic E-state index is 0.812. The Labute approximate surface area is 171 Å². The molecule has 4 aromatic heterocycles. The Hall–Kier alpha value is -3.40. The van der Waals surface area contributed by atoms with E-state index in [9.17, 15) is 0 Å². The van der Waals surface area contributed by atoms with Crippen LogP contribution in [0.1, 0.15) is 35.3 Å². The standard InChI is InChI=1S/C25H24N4/c1-4-6-23-21(7-5-16-26-23)24-14-8-17(2)22(29-24)15-13-20-12-11-19-10-9-18(3)27-25(19)28-20/h4-12,14,16H,13,15H2,1-3H3/b6-4-. The van der Waals surface area contributed by atoms with E-state index in [2.05, 4.69) is 53.3 Å². The molecule has 29 heavy (non-hydrogen) atoms. The topological polar surface area (TPSA) is 51.6 Å². The van der Waals surface area contributed by atoms with Crippen LogP contribution in [0.3, 0.4) is 0 Å². The van der Waals surface area contributed by atoms with Gasteiger partial charge in [0.05, 0.1) is 11.4 Å². The molecule has 0 bridgehead atoms. The second kappa shape index (κ2) is 8.31. The highest BCUT2D eigenvalue weighted by atomic mass is 14.9. The third-order valence-electron chi connectivity index (χ3n) is 5.01. The van der Waals surface area contributed by atoms with Crippen LogP contribution in [0.5, 0.6) is 0 Å². The second-order valence-electron chi connectivity index (χ2n) is 7.20. The number of allylic oxidation sites excluding steroid dienone is 1. The Morgan fingerprint density at radius 2 is 1.72 bits per heavy atom. The monoisotopic (exact) mass is 380 g/mol. The maximum absolute atomic E-state index is 4.96. The molecule has 0 aliphatic rings. The summed E-state index contributed by atoms with van der Waals surface area (Å²) in [5, 5.41) is 1.07. The van der Waals surface area contributed by atoms with Crippen molar-refractivity contribution in [2.45, 2.75) is 33.6 Å². The van der Waals surface area contributed by atoms with Gasteiger partial charge in [0.1, 0.15) is 0 Å². The van der Waals surface area contributed by atoms with Crippen molar-refractivity contribution in [3.05, 3.63) is 89.1 Å². The normalized spacial score (nSPS) is 11.4. The van der Waals surface area contributed by atoms with Crippen LogP contribution in [-0.2, 0) is 12.8 Å². The predicted molar refractivity (Wildman–Crippen MR) is 119 cm³/mol. The van der Waals surface area contributed by atoms with Crippen LogP contribution in [0.25, 0.3) is 28.4 Å². The number of aromatic nitrogens is 4. The number of nitrogens with zero attached hydrogens (tertiary/aromatic N) is 4. The molecular weight excluding hydrogens is 356 g/mol. The van der Waals surface area contributed by atoms with Gasteiger partial charge in [-0.25, -0.2) is 9.97 Å². The number of rotatable bonds is 5. The molecule has 0 saturated carbocycles. The van der Waals surface area contributed by atoms with Gasteiger partial charge in [0, 0.05) is 34.2 Å². The number of aryl methyl sites for hydroxylation is 4. The summed E-state index contributed by atoms with van der Waals surface area (Å²) in [4.78, 5) is 18.7. The molecule has 4 heterocycles. The predicted octanol–water partition coefficient (Wildman–Crippen LogP) is 5.52. The van der Waals surface area contributed by atoms with Crippen molar-refractivity contribution in [3.63, 3.8) is 0 Å². The summed E-state index contributed by atoms with van der Waals surface area (Å²) in [5.41, 5.74) is 8.07. The van der Waals surface area contributed by atoms with E-state index >= 15 is 0 Å². The van der Waals surface area contributed by atoms with Gasteiger partial charge < -0.3 is 0 Å². The molecule has 4 aromatic rings. The Bertz CT molecular complexity index is 1190. The van der Waals surface area contributed by atoms with Crippen molar-refractivity contribution >= 4 is 17.1 Å². The fourth-order valence-electron chi connectivity index (χ4n) is 3.42. The number of pyridine rings is 4. The van der Waals surface area contributed by atoms with Gasteiger partial charge in [-0.05, 0) is 87.7 Å². The zero-order valence-electron chi connectivity index (χ0n) is 17.1. The first-order valence-electron chi connectivity index (χ1n) is 9.92. The van der Waals surface area contributed by atoms with Gasteiger partial charge in [0.15, 0.2) is 5.65 Å². The fourth-order valence-corrected chi connectivity index (χ4v) is 3.42. The highest BCUT2D eigenvalue weighted by Gasteiger charge is 2.09. The molecule has 4 rings (SSSR count). The molecule has 0 fully saturated rings. The molecule has 0 unspecified atom stereocenters. The molecule has 144 valence electrons. The van der Waals surface area contributed by atoms with Crippen molar-refractivity contribution in [2.75, 3.05) is 0 Å². The largest absolute Gasteiger partial charge is 0.256 e. The molecule has 4 heteroatoms. The molecule has 0 atom stereocenters. The summed E-state index contributed by atoms with van der Waals surface area (Å²) in [5.74, 6) is 0. The van der Waals surface area contributed by atoms with E-state index in [0.29, 0.717) is 0 Å². The lowest BCUT2D eigenvalue weighted by atomic mass is 10.0. The average Bonchev–Trinajstić information content (AvgIpc) is 2.73. The molecule has 0 radical (unpaired) electrons. The fraction of sp³-hybridized carbons (Fsp3) is 0.200. The average molecular weight is 380 g/mol. The zero-order valence-corrected chi connectivity index (χ0v) is 17.1. The van der Waals surface area contributed by atoms with Crippen molar-refractivity contribution < 1.29 is 0 Å². The third-order valence-corrected chi connectivity index (χ3v) is 5.01. The van der Waals surface area contributed by atoms with E-state index in [0.717, 1.165) is 57.9 Å². The van der Waals surface area contributed by atoms with E-state index < -0.39 is 0 Å². The lowest BCUT2D eigenvalue weighted by Crippen LogP contribution is -2.02. The number of hydrogen-bond donors (Lipinski definition) is 0. The third kappa shape index (κ3) is 4.21. The Morgan fingerprint density at radius 1 is 0.862 bits per heavy atom. The highest BCUT2D eigenvalue weighted by molar-refractivity contribution is 5.74. The first-order chi connectivity index (χ1) is 14.1. The van der Waals surface area contributed by atoms with Crippen LogP contribution in [0.2, 0.25) is 0 Å². The van der Waals surface area contributed by atoms with Gasteiger partial charge in [-0.15, -0.1) is 0 Å². The van der Waals surface area contributed by atoms with Gasteiger partial charge in [-0.2, -0.15) is 0 Å². The summed E-state index contributed by atoms with van der Waals surface area (Å²) in [6.07, 6.45) is 7.50. The molecule has 0 aliphatic heterocycles. The van der Waals surface area contributed by atoms with Gasteiger partial charge in [0.2, 0.25) is 0 Å². The lowest BCUT2D eigenvalue weighted by Gasteiger charge is -2.10. The summed E-state index contributed by atoms with van der Waals surface area (Å²) >= 11 is 0. The summed E-state index contributed by atoms with van der Waals surface area (Å²) < 4.78 is 0. The minimum absolute atomic E-state index is 0.812. The van der Waals surface area contributed by atoms with Crippen molar-refractivity contribution in [3.8, 4) is 11.3 Å². The van der Waals surface area contributed by atoms with Crippen LogP contribution in [0.4, 0.5) is 0 Å². The minimum Gasteiger partial charge on any atom is -0.256 e. The SMILES string of the molecule is C/C=C\c1ncccc1-c1ccc(C)c(CCc2ccc3ccc(C)nc3n2)n1. The molecule has 0 saturated heterocycles. The maximum atomic E-state index is 4.96. The molecule has 0 spiro atoms. The van der Waals surface area contributed by atoms with Crippen molar-refractivity contribution in [1.29, 1.82) is 0 Å². The van der Waals surface area contributed by atoms with E-state index in [1.165, 1.54) is 5.56 Å². The zero-order chi connectivity index (χ0) is 20.2. The summed E-state index contributed by atoms with van der Waals surface area (Å²) in [6.45, 7) is 6.10. The van der Waals surface area contributed by atoms with Crippen LogP contribution >= 0.6 is 0 Å². The first-order valence-corrected chi connectivity index (χ1v) is 9.92. The molecule has 4 nitrogen and oxygen atoms in total. The van der Waals surface area contributed by atoms with E-state index in [1.54, 1.807) is 0 Å². The van der Waals surface area contributed by atoms with E-state index in [4.69, 9.17) is 9.97 Å². The summed E-state index contributed by atoms with van der Waals surface area (Å²) in [6, 6.07) is 16.5. The van der Waals surface area contributed by atoms with Crippen molar-refractivity contribution in [2.24, 2.45) is 0 Å². The molecule has 0 N–H and O–H groups in total. The van der Waals surface area contributed by atoms with E-state index in [-0.39, 0.29) is 0 Å². The Kier molecular flexibility index (Phi) is 5.43. The van der Waals surface area contributed by atoms with Crippen LogP contribution < -0.4 is 0 Å². The van der Waals surface area contributed by atoms with E-state index in [1.807, 2.05) is 44.3 Å². The quantitative estimate of drug-likeness (QED) is 0.457. The van der Waals surface area contributed by atoms with Gasteiger partial charge in [-0.1, -0.05) is 12.1 Å². The highest BCUT2D eigenvalue weighted by Crippen LogP contribution is 2.23. The van der Waals surface area contributed by atoms with Gasteiger partial charge in [0.25, 0.3) is 0 Å².